The molecule has 2 rings (SSSR count). The largest absolute Gasteiger partial charge is 0.397 e. The van der Waals surface area contributed by atoms with Crippen LogP contribution in [0.2, 0.25) is 0 Å². The molecule has 0 radical (unpaired) electrons. The molecule has 4 N–H and O–H groups in total. The molecule has 2 heterocycles. The summed E-state index contributed by atoms with van der Waals surface area (Å²) >= 11 is 1.24. The Labute approximate surface area is 114 Å². The first-order chi connectivity index (χ1) is 9.09. The van der Waals surface area contributed by atoms with Crippen LogP contribution < -0.4 is 11.1 Å². The fourth-order valence-corrected chi connectivity index (χ4v) is 2.68. The molecule has 0 bridgehead atoms. The Balaban J connectivity index is 2.03. The number of nitrogens with one attached hydrogen (secondary N) is 1. The fraction of sp³-hybridized carbons (Fsp3) is 0.417. The summed E-state index contributed by atoms with van der Waals surface area (Å²) in [5, 5.41) is 20.4. The number of carbonyl (C=O) groups is 1. The van der Waals surface area contributed by atoms with E-state index < -0.39 is 0 Å². The maximum atomic E-state index is 12.0. The van der Waals surface area contributed by atoms with Crippen molar-refractivity contribution in [2.24, 2.45) is 0 Å². The van der Waals surface area contributed by atoms with E-state index in [4.69, 9.17) is 10.8 Å². The summed E-state index contributed by atoms with van der Waals surface area (Å²) in [5.41, 5.74) is 6.38. The summed E-state index contributed by atoms with van der Waals surface area (Å²) in [5.74, 6) is -0.203. The Morgan fingerprint density at radius 3 is 3.11 bits per heavy atom. The molecule has 0 fully saturated rings. The lowest BCUT2D eigenvalue weighted by Gasteiger charge is -2.05. The van der Waals surface area contributed by atoms with Crippen LogP contribution in [0.4, 0.5) is 5.69 Å². The van der Waals surface area contributed by atoms with Gasteiger partial charge in [-0.2, -0.15) is 5.10 Å². The molecule has 0 aromatic carbocycles. The van der Waals surface area contributed by atoms with Crippen molar-refractivity contribution in [1.29, 1.82) is 0 Å². The average molecular weight is 280 g/mol. The van der Waals surface area contributed by atoms with Gasteiger partial charge in [0, 0.05) is 11.9 Å². The number of hydrogen-bond acceptors (Lipinski definition) is 6. The molecule has 0 aliphatic rings. The number of aliphatic hydroxyl groups excluding tert-OH is 1. The van der Waals surface area contributed by atoms with Crippen LogP contribution in [-0.2, 0) is 0 Å². The van der Waals surface area contributed by atoms with Crippen LogP contribution in [-0.4, -0.2) is 33.9 Å². The van der Waals surface area contributed by atoms with E-state index in [0.29, 0.717) is 28.4 Å². The zero-order valence-corrected chi connectivity index (χ0v) is 11.4. The van der Waals surface area contributed by atoms with Gasteiger partial charge in [0.1, 0.15) is 9.71 Å². The van der Waals surface area contributed by atoms with Gasteiger partial charge < -0.3 is 16.2 Å². The van der Waals surface area contributed by atoms with Crippen molar-refractivity contribution >= 4 is 33.1 Å². The number of anilines is 1. The first kappa shape index (κ1) is 13.7. The molecule has 2 aromatic rings. The molecule has 6 nitrogen and oxygen atoms in total. The Bertz CT molecular complexity index is 582. The topological polar surface area (TPSA) is 101 Å². The molecule has 102 valence electrons. The summed E-state index contributed by atoms with van der Waals surface area (Å²) in [6, 6.07) is 1.75. The van der Waals surface area contributed by atoms with Gasteiger partial charge in [0.2, 0.25) is 0 Å². The van der Waals surface area contributed by atoms with E-state index in [1.54, 1.807) is 19.2 Å². The molecule has 0 aliphatic heterocycles. The summed E-state index contributed by atoms with van der Waals surface area (Å²) in [7, 11) is 0. The normalized spacial score (nSPS) is 12.5. The Morgan fingerprint density at radius 2 is 2.42 bits per heavy atom. The summed E-state index contributed by atoms with van der Waals surface area (Å²) < 4.78 is 0. The molecular formula is C12H16N4O2S. The standard InChI is InChI=1S/C12H16N4O2S/c1-7(17)3-2-5-14-11(18)10-9(13)8-4-6-15-16-12(8)19-10/h4,6-7,17H,2-3,5,13H2,1H3,(H,14,18). The van der Waals surface area contributed by atoms with E-state index in [9.17, 15) is 4.79 Å². The highest BCUT2D eigenvalue weighted by Crippen LogP contribution is 2.31. The number of thiophene rings is 1. The molecule has 0 aliphatic carbocycles. The van der Waals surface area contributed by atoms with Gasteiger partial charge >= 0.3 is 0 Å². The van der Waals surface area contributed by atoms with E-state index >= 15 is 0 Å². The lowest BCUT2D eigenvalue weighted by molar-refractivity contribution is 0.0954. The molecule has 1 atom stereocenters. The van der Waals surface area contributed by atoms with E-state index in [0.717, 1.165) is 11.8 Å². The minimum Gasteiger partial charge on any atom is -0.397 e. The van der Waals surface area contributed by atoms with Crippen LogP contribution in [0.3, 0.4) is 0 Å². The van der Waals surface area contributed by atoms with Crippen molar-refractivity contribution in [3.63, 3.8) is 0 Å². The van der Waals surface area contributed by atoms with Crippen molar-refractivity contribution in [3.05, 3.63) is 17.1 Å². The van der Waals surface area contributed by atoms with E-state index in [1.807, 2.05) is 0 Å². The van der Waals surface area contributed by atoms with Crippen LogP contribution in [0.5, 0.6) is 0 Å². The second-order valence-corrected chi connectivity index (χ2v) is 5.34. The number of aromatic nitrogens is 2. The molecular weight excluding hydrogens is 264 g/mol. The molecule has 0 saturated heterocycles. The van der Waals surface area contributed by atoms with Crippen molar-refractivity contribution < 1.29 is 9.90 Å². The van der Waals surface area contributed by atoms with Crippen LogP contribution >= 0.6 is 11.3 Å². The third-order valence-corrected chi connectivity index (χ3v) is 3.82. The van der Waals surface area contributed by atoms with Gasteiger partial charge in [-0.05, 0) is 25.8 Å². The summed E-state index contributed by atoms with van der Waals surface area (Å²) in [6.07, 6.45) is 2.60. The van der Waals surface area contributed by atoms with E-state index in [-0.39, 0.29) is 12.0 Å². The number of nitrogen functional groups attached to an aromatic ring is 1. The second-order valence-electron chi connectivity index (χ2n) is 4.34. The molecule has 0 spiro atoms. The molecule has 0 saturated carbocycles. The monoisotopic (exact) mass is 280 g/mol. The smallest absolute Gasteiger partial charge is 0.263 e. The van der Waals surface area contributed by atoms with Crippen molar-refractivity contribution in [2.75, 3.05) is 12.3 Å². The minimum absolute atomic E-state index is 0.203. The average Bonchev–Trinajstić information content (AvgIpc) is 2.72. The highest BCUT2D eigenvalue weighted by Gasteiger charge is 2.16. The maximum absolute atomic E-state index is 12.0. The minimum atomic E-state index is -0.346. The van der Waals surface area contributed by atoms with Crippen LogP contribution in [0.25, 0.3) is 10.2 Å². The van der Waals surface area contributed by atoms with Gasteiger partial charge in [-0.15, -0.1) is 16.4 Å². The first-order valence-electron chi connectivity index (χ1n) is 6.05. The first-order valence-corrected chi connectivity index (χ1v) is 6.87. The number of amides is 1. The van der Waals surface area contributed by atoms with Gasteiger partial charge in [0.15, 0.2) is 0 Å². The molecule has 1 unspecified atom stereocenters. The fourth-order valence-electron chi connectivity index (χ4n) is 1.72. The van der Waals surface area contributed by atoms with E-state index in [2.05, 4.69) is 15.5 Å². The highest BCUT2D eigenvalue weighted by atomic mass is 32.1. The number of rotatable bonds is 5. The van der Waals surface area contributed by atoms with Crippen molar-refractivity contribution in [2.45, 2.75) is 25.9 Å². The number of nitrogens with two attached hydrogens (primary N) is 1. The SMILES string of the molecule is CC(O)CCCNC(=O)c1sc2nnccc2c1N. The number of fused-ring (bicyclic) bond motifs is 1. The van der Waals surface area contributed by atoms with Gasteiger partial charge in [0.25, 0.3) is 5.91 Å². The molecule has 7 heteroatoms. The quantitative estimate of drug-likeness (QED) is 0.714. The molecule has 2 aromatic heterocycles. The van der Waals surface area contributed by atoms with E-state index in [1.165, 1.54) is 11.3 Å². The highest BCUT2D eigenvalue weighted by molar-refractivity contribution is 7.21. The predicted octanol–water partition coefficient (Wildman–Crippen LogP) is 1.16. The maximum Gasteiger partial charge on any atom is 0.263 e. The summed E-state index contributed by atoms with van der Waals surface area (Å²) in [4.78, 5) is 13.1. The van der Waals surface area contributed by atoms with Gasteiger partial charge in [-0.1, -0.05) is 0 Å². The third kappa shape index (κ3) is 3.18. The van der Waals surface area contributed by atoms with Crippen molar-refractivity contribution in [1.82, 2.24) is 15.5 Å². The molecule has 19 heavy (non-hydrogen) atoms. The molecule has 1 amide bonds. The predicted molar refractivity (Wildman–Crippen MR) is 75.1 cm³/mol. The van der Waals surface area contributed by atoms with Gasteiger partial charge in [0.05, 0.1) is 18.0 Å². The number of aliphatic hydroxyl groups is 1. The van der Waals surface area contributed by atoms with Crippen LogP contribution in [0.15, 0.2) is 12.3 Å². The Hall–Kier alpha value is -1.73. The Morgan fingerprint density at radius 1 is 1.63 bits per heavy atom. The van der Waals surface area contributed by atoms with Crippen molar-refractivity contribution in [3.8, 4) is 0 Å². The zero-order valence-electron chi connectivity index (χ0n) is 10.6. The third-order valence-electron chi connectivity index (χ3n) is 2.71. The number of nitrogens with zero attached hydrogens (tertiary/aromatic N) is 2. The lowest BCUT2D eigenvalue weighted by atomic mass is 10.2. The van der Waals surface area contributed by atoms with Gasteiger partial charge in [-0.3, -0.25) is 4.79 Å². The number of carbonyl (C=O) groups excluding carboxylic acids is 1. The Kier molecular flexibility index (Phi) is 4.28. The number of hydrogen-bond donors (Lipinski definition) is 3. The zero-order chi connectivity index (χ0) is 13.8. The lowest BCUT2D eigenvalue weighted by Crippen LogP contribution is -2.24. The van der Waals surface area contributed by atoms with Gasteiger partial charge in [-0.25, -0.2) is 0 Å². The summed E-state index contributed by atoms with van der Waals surface area (Å²) in [6.45, 7) is 2.24. The van der Waals surface area contributed by atoms with Crippen LogP contribution in [0, 0.1) is 0 Å². The second kappa shape index (κ2) is 5.94. The van der Waals surface area contributed by atoms with Crippen LogP contribution in [0.1, 0.15) is 29.4 Å².